The lowest BCUT2D eigenvalue weighted by atomic mass is 9.95. The molecule has 2 rings (SSSR count). The van der Waals surface area contributed by atoms with E-state index in [-0.39, 0.29) is 0 Å². The van der Waals surface area contributed by atoms with Gasteiger partial charge < -0.3 is 9.47 Å². The Labute approximate surface area is 98.5 Å². The minimum Gasteiger partial charge on any atom is -0.337 e. The van der Waals surface area contributed by atoms with E-state index in [0.29, 0.717) is 0 Å². The van der Waals surface area contributed by atoms with Crippen LogP contribution in [0.25, 0.3) is 0 Å². The van der Waals surface area contributed by atoms with Crippen molar-refractivity contribution in [3.8, 4) is 0 Å². The molecule has 16 heavy (non-hydrogen) atoms. The zero-order chi connectivity index (χ0) is 11.4. The predicted octanol–water partition coefficient (Wildman–Crippen LogP) is 2.18. The lowest BCUT2D eigenvalue weighted by Gasteiger charge is -2.29. The highest BCUT2D eigenvalue weighted by Crippen LogP contribution is 2.19. The van der Waals surface area contributed by atoms with Crippen molar-refractivity contribution in [1.82, 2.24) is 14.5 Å². The summed E-state index contributed by atoms with van der Waals surface area (Å²) < 4.78 is 2.24. The molecule has 0 spiro atoms. The van der Waals surface area contributed by atoms with Crippen LogP contribution in [0, 0.1) is 5.92 Å². The molecule has 0 radical (unpaired) electrons. The summed E-state index contributed by atoms with van der Waals surface area (Å²) in [6.07, 6.45) is 9.27. The molecular formula is C13H23N3. The van der Waals surface area contributed by atoms with Crippen LogP contribution in [0.4, 0.5) is 0 Å². The first-order valence-electron chi connectivity index (χ1n) is 6.47. The monoisotopic (exact) mass is 221 g/mol. The summed E-state index contributed by atoms with van der Waals surface area (Å²) in [6.45, 7) is 5.84. The van der Waals surface area contributed by atoms with Gasteiger partial charge in [-0.25, -0.2) is 4.98 Å². The maximum Gasteiger partial charge on any atom is 0.0949 e. The van der Waals surface area contributed by atoms with Crippen LogP contribution in [-0.4, -0.2) is 34.6 Å². The van der Waals surface area contributed by atoms with Gasteiger partial charge in [0.25, 0.3) is 0 Å². The summed E-state index contributed by atoms with van der Waals surface area (Å²) in [6, 6.07) is 0. The van der Waals surface area contributed by atoms with Gasteiger partial charge in [-0.15, -0.1) is 0 Å². The van der Waals surface area contributed by atoms with Gasteiger partial charge in [-0.05, 0) is 45.2 Å². The molecular weight excluding hydrogens is 198 g/mol. The van der Waals surface area contributed by atoms with Crippen LogP contribution in [0.5, 0.6) is 0 Å². The van der Waals surface area contributed by atoms with E-state index in [1.165, 1.54) is 38.0 Å². The molecule has 0 aliphatic carbocycles. The molecule has 1 aliphatic rings. The number of aromatic nitrogens is 2. The highest BCUT2D eigenvalue weighted by molar-refractivity contribution is 4.95. The fraction of sp³-hybridized carbons (Fsp3) is 0.769. The molecule has 1 saturated heterocycles. The number of likely N-dealkylation sites (tertiary alicyclic amines) is 1. The standard InChI is InChI=1S/C13H23N3/c1-3-13-10-16(11-14-13)8-6-12-5-4-7-15(2)9-12/h10-12H,3-9H2,1-2H3. The van der Waals surface area contributed by atoms with Gasteiger partial charge in [-0.1, -0.05) is 6.92 Å². The Bertz CT molecular complexity index is 319. The summed E-state index contributed by atoms with van der Waals surface area (Å²) in [5.41, 5.74) is 1.21. The average molecular weight is 221 g/mol. The van der Waals surface area contributed by atoms with Crippen molar-refractivity contribution >= 4 is 0 Å². The normalized spacial score (nSPS) is 22.5. The van der Waals surface area contributed by atoms with Crippen LogP contribution in [0.15, 0.2) is 12.5 Å². The molecule has 90 valence electrons. The van der Waals surface area contributed by atoms with Crippen molar-refractivity contribution in [2.75, 3.05) is 20.1 Å². The number of piperidine rings is 1. The summed E-state index contributed by atoms with van der Waals surface area (Å²) in [4.78, 5) is 6.82. The maximum absolute atomic E-state index is 4.37. The molecule has 1 aromatic rings. The third-order valence-corrected chi connectivity index (χ3v) is 3.57. The highest BCUT2D eigenvalue weighted by Gasteiger charge is 2.16. The van der Waals surface area contributed by atoms with Crippen LogP contribution in [0.3, 0.4) is 0 Å². The Morgan fingerprint density at radius 3 is 3.06 bits per heavy atom. The summed E-state index contributed by atoms with van der Waals surface area (Å²) in [5, 5.41) is 0. The van der Waals surface area contributed by atoms with E-state index in [2.05, 4.69) is 34.6 Å². The molecule has 0 bridgehead atoms. The minimum absolute atomic E-state index is 0.881. The Balaban J connectivity index is 1.78. The zero-order valence-electron chi connectivity index (χ0n) is 10.5. The topological polar surface area (TPSA) is 21.1 Å². The number of imidazole rings is 1. The Morgan fingerprint density at radius 2 is 2.38 bits per heavy atom. The molecule has 1 aliphatic heterocycles. The number of rotatable bonds is 4. The quantitative estimate of drug-likeness (QED) is 0.777. The van der Waals surface area contributed by atoms with Crippen molar-refractivity contribution in [3.05, 3.63) is 18.2 Å². The van der Waals surface area contributed by atoms with Crippen LogP contribution >= 0.6 is 0 Å². The van der Waals surface area contributed by atoms with Gasteiger partial charge >= 0.3 is 0 Å². The van der Waals surface area contributed by atoms with E-state index in [0.717, 1.165) is 18.9 Å². The molecule has 1 fully saturated rings. The molecule has 1 aromatic heterocycles. The Kier molecular flexibility index (Phi) is 3.99. The van der Waals surface area contributed by atoms with E-state index >= 15 is 0 Å². The molecule has 3 heteroatoms. The Morgan fingerprint density at radius 1 is 1.50 bits per heavy atom. The SMILES string of the molecule is CCc1cn(CCC2CCCN(C)C2)cn1. The number of nitrogens with zero attached hydrogens (tertiary/aromatic N) is 3. The molecule has 0 N–H and O–H groups in total. The lowest BCUT2D eigenvalue weighted by Crippen LogP contribution is -2.32. The first-order valence-corrected chi connectivity index (χ1v) is 6.47. The Hall–Kier alpha value is -0.830. The van der Waals surface area contributed by atoms with Crippen LogP contribution < -0.4 is 0 Å². The van der Waals surface area contributed by atoms with Crippen LogP contribution in [0.1, 0.15) is 31.9 Å². The maximum atomic E-state index is 4.37. The number of hydrogen-bond acceptors (Lipinski definition) is 2. The van der Waals surface area contributed by atoms with E-state index in [9.17, 15) is 0 Å². The molecule has 0 aromatic carbocycles. The second-order valence-corrected chi connectivity index (χ2v) is 5.02. The molecule has 2 heterocycles. The van der Waals surface area contributed by atoms with Gasteiger partial charge in [0.05, 0.1) is 12.0 Å². The van der Waals surface area contributed by atoms with E-state index in [1.54, 1.807) is 0 Å². The fourth-order valence-electron chi connectivity index (χ4n) is 2.55. The van der Waals surface area contributed by atoms with Crippen molar-refractivity contribution in [2.24, 2.45) is 5.92 Å². The molecule has 0 saturated carbocycles. The molecule has 1 unspecified atom stereocenters. The first kappa shape index (κ1) is 11.6. The third-order valence-electron chi connectivity index (χ3n) is 3.57. The first-order chi connectivity index (χ1) is 7.78. The van der Waals surface area contributed by atoms with Gasteiger partial charge in [-0.3, -0.25) is 0 Å². The van der Waals surface area contributed by atoms with E-state index in [4.69, 9.17) is 0 Å². The van der Waals surface area contributed by atoms with Gasteiger partial charge in [0, 0.05) is 19.3 Å². The molecule has 0 amide bonds. The smallest absolute Gasteiger partial charge is 0.0949 e. The van der Waals surface area contributed by atoms with Crippen LogP contribution in [0.2, 0.25) is 0 Å². The van der Waals surface area contributed by atoms with E-state index in [1.807, 2.05) is 6.33 Å². The largest absolute Gasteiger partial charge is 0.337 e. The third kappa shape index (κ3) is 3.08. The van der Waals surface area contributed by atoms with Crippen molar-refractivity contribution in [2.45, 2.75) is 39.2 Å². The van der Waals surface area contributed by atoms with Crippen molar-refractivity contribution < 1.29 is 0 Å². The zero-order valence-corrected chi connectivity index (χ0v) is 10.5. The van der Waals surface area contributed by atoms with Gasteiger partial charge in [-0.2, -0.15) is 0 Å². The second kappa shape index (κ2) is 5.48. The molecule has 3 nitrogen and oxygen atoms in total. The lowest BCUT2D eigenvalue weighted by molar-refractivity contribution is 0.197. The minimum atomic E-state index is 0.881. The number of aryl methyl sites for hydroxylation is 2. The van der Waals surface area contributed by atoms with Crippen LogP contribution in [-0.2, 0) is 13.0 Å². The summed E-state index contributed by atoms with van der Waals surface area (Å²) in [5.74, 6) is 0.881. The second-order valence-electron chi connectivity index (χ2n) is 5.02. The number of hydrogen-bond donors (Lipinski definition) is 0. The fourth-order valence-corrected chi connectivity index (χ4v) is 2.55. The predicted molar refractivity (Wildman–Crippen MR) is 66.4 cm³/mol. The van der Waals surface area contributed by atoms with Gasteiger partial charge in [0.15, 0.2) is 0 Å². The van der Waals surface area contributed by atoms with E-state index < -0.39 is 0 Å². The molecule has 1 atom stereocenters. The van der Waals surface area contributed by atoms with Gasteiger partial charge in [0.2, 0.25) is 0 Å². The van der Waals surface area contributed by atoms with Crippen molar-refractivity contribution in [3.63, 3.8) is 0 Å². The average Bonchev–Trinajstić information content (AvgIpc) is 2.74. The van der Waals surface area contributed by atoms with Gasteiger partial charge in [0.1, 0.15) is 0 Å². The van der Waals surface area contributed by atoms with Crippen molar-refractivity contribution in [1.29, 1.82) is 0 Å². The summed E-state index contributed by atoms with van der Waals surface area (Å²) >= 11 is 0. The summed E-state index contributed by atoms with van der Waals surface area (Å²) in [7, 11) is 2.23. The highest BCUT2D eigenvalue weighted by atomic mass is 15.1.